The van der Waals surface area contributed by atoms with E-state index in [4.69, 9.17) is 0 Å². The van der Waals surface area contributed by atoms with Gasteiger partial charge in [-0.25, -0.2) is 0 Å². The molecule has 0 bridgehead atoms. The molecule has 0 aliphatic carbocycles. The molecule has 7 heteroatoms. The van der Waals surface area contributed by atoms with Crippen molar-refractivity contribution in [2.24, 2.45) is 5.10 Å². The Hall–Kier alpha value is -3.58. The number of hydrogen-bond donors (Lipinski definition) is 0. The van der Waals surface area contributed by atoms with Gasteiger partial charge in [-0.05, 0) is 30.7 Å². The van der Waals surface area contributed by atoms with E-state index < -0.39 is 16.1 Å². The van der Waals surface area contributed by atoms with Gasteiger partial charge in [-0.3, -0.25) is 9.97 Å². The minimum Gasteiger partial charge on any atom is -0.253 e. The minimum absolute atomic E-state index is 0.217. The maximum absolute atomic E-state index is 13.5. The fourth-order valence-electron chi connectivity index (χ4n) is 3.84. The van der Waals surface area contributed by atoms with Crippen molar-refractivity contribution in [3.8, 4) is 0 Å². The van der Waals surface area contributed by atoms with Crippen molar-refractivity contribution < 1.29 is 8.42 Å². The molecule has 2 heterocycles. The van der Waals surface area contributed by atoms with E-state index in [-0.39, 0.29) is 4.90 Å². The van der Waals surface area contributed by atoms with Gasteiger partial charge in [0.1, 0.15) is 0 Å². The zero-order chi connectivity index (χ0) is 21.4. The van der Waals surface area contributed by atoms with Crippen molar-refractivity contribution >= 4 is 26.8 Å². The van der Waals surface area contributed by atoms with Crippen molar-refractivity contribution in [2.75, 3.05) is 0 Å². The molecule has 0 spiro atoms. The molecule has 0 amide bonds. The first-order valence-electron chi connectivity index (χ1n) is 9.98. The van der Waals surface area contributed by atoms with Crippen LogP contribution < -0.4 is 0 Å². The molecule has 0 radical (unpaired) electrons. The van der Waals surface area contributed by atoms with Crippen LogP contribution in [0.15, 0.2) is 95.2 Å². The highest BCUT2D eigenvalue weighted by atomic mass is 32.2. The Morgan fingerprint density at radius 3 is 2.39 bits per heavy atom. The Labute approximate surface area is 181 Å². The number of hydrazone groups is 1. The molecule has 1 aliphatic heterocycles. The predicted octanol–water partition coefficient (Wildman–Crippen LogP) is 4.48. The number of para-hydroxylation sites is 1. The smallest absolute Gasteiger partial charge is 0.253 e. The van der Waals surface area contributed by atoms with Crippen LogP contribution >= 0.6 is 0 Å². The lowest BCUT2D eigenvalue weighted by Crippen LogP contribution is -2.27. The maximum Gasteiger partial charge on any atom is 0.279 e. The molecule has 31 heavy (non-hydrogen) atoms. The lowest BCUT2D eigenvalue weighted by Gasteiger charge is -2.23. The lowest BCUT2D eigenvalue weighted by molar-refractivity contribution is 0.371. The normalized spacial score (nSPS) is 16.5. The van der Waals surface area contributed by atoms with Gasteiger partial charge < -0.3 is 0 Å². The molecule has 3 aromatic carbocycles. The van der Waals surface area contributed by atoms with Gasteiger partial charge in [-0.1, -0.05) is 60.2 Å². The van der Waals surface area contributed by atoms with E-state index in [0.717, 1.165) is 22.2 Å². The Kier molecular flexibility index (Phi) is 4.75. The average molecular weight is 429 g/mol. The summed E-state index contributed by atoms with van der Waals surface area (Å²) < 4.78 is 28.3. The second kappa shape index (κ2) is 7.59. The Balaban J connectivity index is 1.66. The van der Waals surface area contributed by atoms with Gasteiger partial charge in [0.05, 0.1) is 27.7 Å². The summed E-state index contributed by atoms with van der Waals surface area (Å²) in [7, 11) is -3.83. The summed E-state index contributed by atoms with van der Waals surface area (Å²) in [6.07, 6.45) is 3.73. The largest absolute Gasteiger partial charge is 0.279 e. The van der Waals surface area contributed by atoms with Crippen LogP contribution in [0.4, 0.5) is 0 Å². The summed E-state index contributed by atoms with van der Waals surface area (Å²) in [4.78, 5) is 9.05. The number of sulfonamides is 1. The molecule has 6 nitrogen and oxygen atoms in total. The van der Waals surface area contributed by atoms with Crippen LogP contribution in [-0.2, 0) is 10.0 Å². The second-order valence-electron chi connectivity index (χ2n) is 7.50. The number of nitrogens with zero attached hydrogens (tertiary/aromatic N) is 4. The number of fused-ring (bicyclic) bond motifs is 1. The third-order valence-corrected chi connectivity index (χ3v) is 7.13. The molecule has 1 aliphatic rings. The number of hydrogen-bond acceptors (Lipinski definition) is 5. The molecular weight excluding hydrogens is 408 g/mol. The topological polar surface area (TPSA) is 75.5 Å². The molecule has 1 aromatic heterocycles. The van der Waals surface area contributed by atoms with E-state index in [2.05, 4.69) is 15.1 Å². The number of aromatic nitrogens is 2. The molecule has 0 saturated heterocycles. The highest BCUT2D eigenvalue weighted by Gasteiger charge is 2.38. The zero-order valence-electron chi connectivity index (χ0n) is 16.9. The quantitative estimate of drug-likeness (QED) is 0.480. The summed E-state index contributed by atoms with van der Waals surface area (Å²) in [6.45, 7) is 2.01. The summed E-state index contributed by atoms with van der Waals surface area (Å²) in [6, 6.07) is 21.6. The minimum atomic E-state index is -3.83. The summed E-state index contributed by atoms with van der Waals surface area (Å²) in [5.74, 6) is 0. The first-order valence-corrected chi connectivity index (χ1v) is 11.4. The van der Waals surface area contributed by atoms with Gasteiger partial charge in [-0.2, -0.15) is 17.9 Å². The van der Waals surface area contributed by atoms with Gasteiger partial charge in [0, 0.05) is 24.4 Å². The second-order valence-corrected chi connectivity index (χ2v) is 9.29. The highest BCUT2D eigenvalue weighted by molar-refractivity contribution is 7.89. The lowest BCUT2D eigenvalue weighted by atomic mass is 9.97. The van der Waals surface area contributed by atoms with Crippen LogP contribution in [0.5, 0.6) is 0 Å². The maximum atomic E-state index is 13.5. The zero-order valence-corrected chi connectivity index (χ0v) is 17.7. The van der Waals surface area contributed by atoms with Crippen molar-refractivity contribution in [3.05, 3.63) is 102 Å². The summed E-state index contributed by atoms with van der Waals surface area (Å²) in [5, 5.41) is 4.63. The predicted molar refractivity (Wildman–Crippen MR) is 120 cm³/mol. The molecule has 154 valence electrons. The highest BCUT2D eigenvalue weighted by Crippen LogP contribution is 2.38. The molecule has 0 N–H and O–H groups in total. The van der Waals surface area contributed by atoms with Crippen LogP contribution in [-0.4, -0.2) is 28.5 Å². The van der Waals surface area contributed by atoms with E-state index in [1.54, 1.807) is 42.7 Å². The van der Waals surface area contributed by atoms with Crippen LogP contribution in [0.3, 0.4) is 0 Å². The molecular formula is C24H20N4O2S. The standard InChI is InChI=1S/C24H20N4O2S/c1-17-10-12-18(13-11-17)23-16-22(20-8-5-9-21-24(20)26-15-14-25-21)27-28(23)31(29,30)19-6-3-2-4-7-19/h2-15,23H,16H2,1H3/t23-/m0/s1. The van der Waals surface area contributed by atoms with Gasteiger partial charge >= 0.3 is 0 Å². The number of aryl methyl sites for hydroxylation is 1. The van der Waals surface area contributed by atoms with E-state index in [1.807, 2.05) is 49.4 Å². The van der Waals surface area contributed by atoms with E-state index in [1.165, 1.54) is 4.41 Å². The molecule has 4 aromatic rings. The molecule has 5 rings (SSSR count). The van der Waals surface area contributed by atoms with E-state index in [9.17, 15) is 8.42 Å². The van der Waals surface area contributed by atoms with Crippen LogP contribution in [0, 0.1) is 6.92 Å². The third kappa shape index (κ3) is 3.47. The SMILES string of the molecule is Cc1ccc([C@@H]2CC(c3cccc4nccnc34)=NN2S(=O)(=O)c2ccccc2)cc1. The van der Waals surface area contributed by atoms with Gasteiger partial charge in [0.25, 0.3) is 10.0 Å². The number of rotatable bonds is 4. The number of benzene rings is 3. The van der Waals surface area contributed by atoms with Crippen molar-refractivity contribution in [2.45, 2.75) is 24.3 Å². The van der Waals surface area contributed by atoms with E-state index >= 15 is 0 Å². The first kappa shape index (κ1) is 19.4. The average Bonchev–Trinajstić information content (AvgIpc) is 3.26. The van der Waals surface area contributed by atoms with Crippen LogP contribution in [0.2, 0.25) is 0 Å². The molecule has 0 fully saturated rings. The summed E-state index contributed by atoms with van der Waals surface area (Å²) >= 11 is 0. The van der Waals surface area contributed by atoms with Gasteiger partial charge in [0.15, 0.2) is 0 Å². The monoisotopic (exact) mass is 428 g/mol. The summed E-state index contributed by atoms with van der Waals surface area (Å²) in [5.41, 5.74) is 4.95. The molecule has 0 saturated carbocycles. The van der Waals surface area contributed by atoms with Crippen molar-refractivity contribution in [1.29, 1.82) is 0 Å². The first-order chi connectivity index (χ1) is 15.0. The molecule has 0 unspecified atom stereocenters. The van der Waals surface area contributed by atoms with Gasteiger partial charge in [-0.15, -0.1) is 0 Å². The Morgan fingerprint density at radius 2 is 1.61 bits per heavy atom. The molecule has 1 atom stereocenters. The van der Waals surface area contributed by atoms with Gasteiger partial charge in [0.2, 0.25) is 0 Å². The Bertz CT molecular complexity index is 1380. The van der Waals surface area contributed by atoms with Crippen molar-refractivity contribution in [3.63, 3.8) is 0 Å². The fraction of sp³-hybridized carbons (Fsp3) is 0.125. The van der Waals surface area contributed by atoms with Crippen molar-refractivity contribution in [1.82, 2.24) is 14.4 Å². The Morgan fingerprint density at radius 1 is 0.871 bits per heavy atom. The van der Waals surface area contributed by atoms with Crippen LogP contribution in [0.25, 0.3) is 11.0 Å². The van der Waals surface area contributed by atoms with Crippen LogP contribution in [0.1, 0.15) is 29.2 Å². The fourth-order valence-corrected chi connectivity index (χ4v) is 5.29. The van der Waals surface area contributed by atoms with E-state index in [0.29, 0.717) is 17.6 Å². The third-order valence-electron chi connectivity index (χ3n) is 5.43.